The lowest BCUT2D eigenvalue weighted by Gasteiger charge is -2.29. The molecule has 2 heterocycles. The Morgan fingerprint density at radius 1 is 1.40 bits per heavy atom. The number of carboxylic acid groups (broad SMARTS) is 1. The number of hydrogen-bond acceptors (Lipinski definition) is 4. The Kier molecular flexibility index (Phi) is 4.08. The van der Waals surface area contributed by atoms with Crippen LogP contribution in [0.2, 0.25) is 0 Å². The lowest BCUT2D eigenvalue weighted by Crippen LogP contribution is -2.35. The van der Waals surface area contributed by atoms with Crippen molar-refractivity contribution >= 4 is 17.3 Å². The minimum absolute atomic E-state index is 0.142. The summed E-state index contributed by atoms with van der Waals surface area (Å²) in [5.41, 5.74) is 1.32. The number of thiazole rings is 1. The predicted octanol–water partition coefficient (Wildman–Crippen LogP) is 2.56. The van der Waals surface area contributed by atoms with Gasteiger partial charge in [0.1, 0.15) is 5.01 Å². The van der Waals surface area contributed by atoms with Crippen LogP contribution in [0.3, 0.4) is 0 Å². The maximum absolute atomic E-state index is 11.0. The van der Waals surface area contributed by atoms with Crippen molar-refractivity contribution in [3.8, 4) is 0 Å². The van der Waals surface area contributed by atoms with Crippen molar-refractivity contribution in [2.24, 2.45) is 11.8 Å². The third-order valence-electron chi connectivity index (χ3n) is 4.53. The average Bonchev–Trinajstić information content (AvgIpc) is 2.80. The van der Waals surface area contributed by atoms with Gasteiger partial charge in [0, 0.05) is 4.88 Å². The third kappa shape index (κ3) is 3.04. The molecular weight excluding hydrogens is 272 g/mol. The molecular formula is C15H22N2O2S. The molecule has 1 fully saturated rings. The molecule has 1 saturated heterocycles. The van der Waals surface area contributed by atoms with Crippen molar-refractivity contribution in [1.82, 2.24) is 9.88 Å². The van der Waals surface area contributed by atoms with Crippen LogP contribution in [0.1, 0.15) is 41.8 Å². The van der Waals surface area contributed by atoms with Crippen molar-refractivity contribution < 1.29 is 9.90 Å². The van der Waals surface area contributed by atoms with E-state index < -0.39 is 5.97 Å². The molecule has 0 amide bonds. The van der Waals surface area contributed by atoms with Crippen molar-refractivity contribution in [2.75, 3.05) is 13.1 Å². The maximum Gasteiger partial charge on any atom is 0.306 e. The van der Waals surface area contributed by atoms with Crippen LogP contribution in [0, 0.1) is 11.8 Å². The van der Waals surface area contributed by atoms with Crippen LogP contribution in [0.15, 0.2) is 0 Å². The van der Waals surface area contributed by atoms with Crippen LogP contribution in [0.5, 0.6) is 0 Å². The molecule has 0 radical (unpaired) electrons. The fraction of sp³-hybridized carbons (Fsp3) is 0.733. The summed E-state index contributed by atoms with van der Waals surface area (Å²) >= 11 is 1.87. The van der Waals surface area contributed by atoms with Gasteiger partial charge in [-0.25, -0.2) is 4.98 Å². The number of likely N-dealkylation sites (tertiary alicyclic amines) is 1. The van der Waals surface area contributed by atoms with Crippen LogP contribution >= 0.6 is 11.3 Å². The van der Waals surface area contributed by atoms with Crippen molar-refractivity contribution in [2.45, 2.75) is 45.6 Å². The molecule has 20 heavy (non-hydrogen) atoms. The largest absolute Gasteiger partial charge is 0.481 e. The van der Waals surface area contributed by atoms with Crippen LogP contribution in [0.25, 0.3) is 0 Å². The number of piperidine rings is 1. The maximum atomic E-state index is 11.0. The summed E-state index contributed by atoms with van der Waals surface area (Å²) in [5.74, 6) is 0.0158. The lowest BCUT2D eigenvalue weighted by atomic mass is 9.93. The second kappa shape index (κ2) is 5.82. The van der Waals surface area contributed by atoms with Gasteiger partial charge >= 0.3 is 5.97 Å². The molecule has 1 aromatic rings. The Balaban J connectivity index is 1.58. The Hall–Kier alpha value is -0.940. The van der Waals surface area contributed by atoms with Crippen LogP contribution in [0.4, 0.5) is 0 Å². The van der Waals surface area contributed by atoms with E-state index in [9.17, 15) is 4.79 Å². The first kappa shape index (κ1) is 14.0. The SMILES string of the molecule is CC1CCc2nc(CN3CCC(C(=O)O)CC3)sc2C1. The van der Waals surface area contributed by atoms with Crippen LogP contribution in [-0.2, 0) is 24.2 Å². The predicted molar refractivity (Wildman–Crippen MR) is 78.9 cm³/mol. The number of rotatable bonds is 3. The highest BCUT2D eigenvalue weighted by atomic mass is 32.1. The first-order chi connectivity index (χ1) is 9.61. The topological polar surface area (TPSA) is 53.4 Å². The van der Waals surface area contributed by atoms with Gasteiger partial charge in [-0.1, -0.05) is 6.92 Å². The second-order valence-corrected chi connectivity index (χ2v) is 7.38. The number of hydrogen-bond donors (Lipinski definition) is 1. The van der Waals surface area contributed by atoms with Gasteiger partial charge in [-0.05, 0) is 51.1 Å². The summed E-state index contributed by atoms with van der Waals surface area (Å²) in [4.78, 5) is 19.6. The molecule has 0 bridgehead atoms. The number of aromatic nitrogens is 1. The molecule has 0 spiro atoms. The van der Waals surface area contributed by atoms with Gasteiger partial charge in [0.2, 0.25) is 0 Å². The minimum atomic E-state index is -0.636. The van der Waals surface area contributed by atoms with Gasteiger partial charge in [0.25, 0.3) is 0 Å². The van der Waals surface area contributed by atoms with Crippen molar-refractivity contribution in [1.29, 1.82) is 0 Å². The standard InChI is InChI=1S/C15H22N2O2S/c1-10-2-3-12-13(8-10)20-14(16-12)9-17-6-4-11(5-7-17)15(18)19/h10-11H,2-9H2,1H3,(H,18,19). The Labute approximate surface area is 123 Å². The highest BCUT2D eigenvalue weighted by molar-refractivity contribution is 7.11. The molecule has 1 aromatic heterocycles. The summed E-state index contributed by atoms with van der Waals surface area (Å²) in [6.45, 7) is 4.99. The summed E-state index contributed by atoms with van der Waals surface area (Å²) in [7, 11) is 0. The molecule has 1 atom stereocenters. The number of aliphatic carboxylic acids is 1. The fourth-order valence-electron chi connectivity index (χ4n) is 3.19. The molecule has 0 aromatic carbocycles. The number of aryl methyl sites for hydroxylation is 1. The molecule has 2 aliphatic rings. The molecule has 4 nitrogen and oxygen atoms in total. The van der Waals surface area contributed by atoms with Gasteiger partial charge in [-0.2, -0.15) is 0 Å². The van der Waals surface area contributed by atoms with E-state index in [2.05, 4.69) is 11.8 Å². The normalized spacial score (nSPS) is 24.6. The van der Waals surface area contributed by atoms with E-state index in [1.807, 2.05) is 11.3 Å². The average molecular weight is 294 g/mol. The van der Waals surface area contributed by atoms with E-state index >= 15 is 0 Å². The zero-order valence-electron chi connectivity index (χ0n) is 12.0. The van der Waals surface area contributed by atoms with E-state index in [1.165, 1.54) is 28.4 Å². The summed E-state index contributed by atoms with van der Waals surface area (Å²) < 4.78 is 0. The summed E-state index contributed by atoms with van der Waals surface area (Å²) in [6, 6.07) is 0. The zero-order chi connectivity index (χ0) is 14.1. The molecule has 0 saturated carbocycles. The first-order valence-electron chi connectivity index (χ1n) is 7.54. The molecule has 1 unspecified atom stereocenters. The van der Waals surface area contributed by atoms with E-state index in [4.69, 9.17) is 10.1 Å². The van der Waals surface area contributed by atoms with Crippen LogP contribution < -0.4 is 0 Å². The zero-order valence-corrected chi connectivity index (χ0v) is 12.8. The van der Waals surface area contributed by atoms with Crippen LogP contribution in [-0.4, -0.2) is 34.0 Å². The second-order valence-electron chi connectivity index (χ2n) is 6.21. The highest BCUT2D eigenvalue weighted by Gasteiger charge is 2.26. The molecule has 1 N–H and O–H groups in total. The highest BCUT2D eigenvalue weighted by Crippen LogP contribution is 2.30. The molecule has 1 aliphatic carbocycles. The Morgan fingerprint density at radius 3 is 2.85 bits per heavy atom. The van der Waals surface area contributed by atoms with Gasteiger partial charge in [0.05, 0.1) is 18.2 Å². The van der Waals surface area contributed by atoms with Gasteiger partial charge < -0.3 is 5.11 Å². The van der Waals surface area contributed by atoms with Gasteiger partial charge in [-0.3, -0.25) is 9.69 Å². The monoisotopic (exact) mass is 294 g/mol. The van der Waals surface area contributed by atoms with E-state index in [-0.39, 0.29) is 5.92 Å². The summed E-state index contributed by atoms with van der Waals surface area (Å²) in [5, 5.41) is 10.2. The van der Waals surface area contributed by atoms with E-state index in [0.717, 1.165) is 44.8 Å². The first-order valence-corrected chi connectivity index (χ1v) is 8.36. The Bertz CT molecular complexity index is 492. The minimum Gasteiger partial charge on any atom is -0.481 e. The smallest absolute Gasteiger partial charge is 0.306 e. The van der Waals surface area contributed by atoms with Gasteiger partial charge in [0.15, 0.2) is 0 Å². The van der Waals surface area contributed by atoms with Crippen molar-refractivity contribution in [3.63, 3.8) is 0 Å². The van der Waals surface area contributed by atoms with E-state index in [1.54, 1.807) is 0 Å². The third-order valence-corrected chi connectivity index (χ3v) is 5.63. The van der Waals surface area contributed by atoms with Gasteiger partial charge in [-0.15, -0.1) is 11.3 Å². The van der Waals surface area contributed by atoms with E-state index in [0.29, 0.717) is 0 Å². The number of fused-ring (bicyclic) bond motifs is 1. The number of carboxylic acids is 1. The van der Waals surface area contributed by atoms with Crippen molar-refractivity contribution in [3.05, 3.63) is 15.6 Å². The molecule has 5 heteroatoms. The molecule has 3 rings (SSSR count). The fourth-order valence-corrected chi connectivity index (χ4v) is 4.51. The number of carbonyl (C=O) groups is 1. The number of nitrogens with zero attached hydrogens (tertiary/aromatic N) is 2. The molecule has 1 aliphatic heterocycles. The molecule has 110 valence electrons. The Morgan fingerprint density at radius 2 is 2.15 bits per heavy atom. The summed E-state index contributed by atoms with van der Waals surface area (Å²) in [6.07, 6.45) is 5.14. The lowest BCUT2D eigenvalue weighted by molar-refractivity contribution is -0.143. The quantitative estimate of drug-likeness (QED) is 0.931.